The van der Waals surface area contributed by atoms with E-state index in [0.717, 1.165) is 41.0 Å². The van der Waals surface area contributed by atoms with E-state index in [4.69, 9.17) is 4.74 Å². The summed E-state index contributed by atoms with van der Waals surface area (Å²) in [5.74, 6) is 0.600. The predicted molar refractivity (Wildman–Crippen MR) is 114 cm³/mol. The first-order valence-electron chi connectivity index (χ1n) is 10.9. The van der Waals surface area contributed by atoms with Gasteiger partial charge in [-0.25, -0.2) is 4.79 Å². The standard InChI is InChI=1S/C23H33N3O4/c1-15(2)18-9-8-16(3)13-19(18)30-12-11-24-20(27)14-26-21(28)23(25-22(26)29)10-6-5-7-17(23)4/h8-9,13,15,17H,5-7,10-12,14H2,1-4H3,(H,24,27)(H,25,29)/t17-,23+/m0/s1. The Kier molecular flexibility index (Phi) is 6.68. The van der Waals surface area contributed by atoms with Gasteiger partial charge in [-0.1, -0.05) is 45.7 Å². The summed E-state index contributed by atoms with van der Waals surface area (Å²) < 4.78 is 5.87. The van der Waals surface area contributed by atoms with E-state index in [2.05, 4.69) is 36.6 Å². The number of amides is 4. The molecule has 7 heteroatoms. The fourth-order valence-corrected chi connectivity index (χ4v) is 4.43. The van der Waals surface area contributed by atoms with E-state index < -0.39 is 11.6 Å². The Hall–Kier alpha value is -2.57. The predicted octanol–water partition coefficient (Wildman–Crippen LogP) is 3.11. The van der Waals surface area contributed by atoms with E-state index in [9.17, 15) is 14.4 Å². The smallest absolute Gasteiger partial charge is 0.325 e. The van der Waals surface area contributed by atoms with Gasteiger partial charge in [0.05, 0.1) is 6.54 Å². The minimum absolute atomic E-state index is 0.0774. The number of hydrogen-bond donors (Lipinski definition) is 2. The Morgan fingerprint density at radius 2 is 2.10 bits per heavy atom. The Morgan fingerprint density at radius 3 is 2.80 bits per heavy atom. The molecule has 30 heavy (non-hydrogen) atoms. The molecule has 1 aliphatic carbocycles. The van der Waals surface area contributed by atoms with Crippen molar-refractivity contribution in [3.8, 4) is 5.75 Å². The van der Waals surface area contributed by atoms with Gasteiger partial charge in [-0.15, -0.1) is 0 Å². The molecule has 2 fully saturated rings. The monoisotopic (exact) mass is 415 g/mol. The van der Waals surface area contributed by atoms with Crippen molar-refractivity contribution in [1.29, 1.82) is 0 Å². The molecule has 1 saturated heterocycles. The summed E-state index contributed by atoms with van der Waals surface area (Å²) in [5.41, 5.74) is 1.40. The SMILES string of the molecule is Cc1ccc(C(C)C)c(OCCNC(=O)CN2C(=O)N[C@@]3(CCCC[C@@H]3C)C2=O)c1. The number of carbonyl (C=O) groups excluding carboxylic acids is 3. The van der Waals surface area contributed by atoms with Gasteiger partial charge in [0.15, 0.2) is 0 Å². The third-order valence-electron chi connectivity index (χ3n) is 6.28. The van der Waals surface area contributed by atoms with Crippen LogP contribution in [-0.4, -0.2) is 48.0 Å². The molecule has 0 bridgehead atoms. The Balaban J connectivity index is 1.50. The van der Waals surface area contributed by atoms with Crippen LogP contribution in [0.2, 0.25) is 0 Å². The van der Waals surface area contributed by atoms with E-state index in [1.54, 1.807) is 0 Å². The van der Waals surface area contributed by atoms with Crippen molar-refractivity contribution in [2.24, 2.45) is 5.92 Å². The van der Waals surface area contributed by atoms with Gasteiger partial charge in [-0.2, -0.15) is 0 Å². The van der Waals surface area contributed by atoms with Crippen LogP contribution >= 0.6 is 0 Å². The number of carbonyl (C=O) groups is 3. The van der Waals surface area contributed by atoms with Crippen LogP contribution in [0, 0.1) is 12.8 Å². The number of nitrogens with one attached hydrogen (secondary N) is 2. The molecule has 0 radical (unpaired) electrons. The number of nitrogens with zero attached hydrogens (tertiary/aromatic N) is 1. The van der Waals surface area contributed by atoms with Gasteiger partial charge in [0.2, 0.25) is 5.91 Å². The van der Waals surface area contributed by atoms with Crippen molar-refractivity contribution in [3.05, 3.63) is 29.3 Å². The highest BCUT2D eigenvalue weighted by atomic mass is 16.5. The van der Waals surface area contributed by atoms with Gasteiger partial charge in [-0.3, -0.25) is 14.5 Å². The van der Waals surface area contributed by atoms with Gasteiger partial charge in [0.25, 0.3) is 5.91 Å². The molecule has 4 amide bonds. The van der Waals surface area contributed by atoms with Gasteiger partial charge in [-0.05, 0) is 48.8 Å². The third kappa shape index (κ3) is 4.45. The molecule has 1 spiro atoms. The fourth-order valence-electron chi connectivity index (χ4n) is 4.43. The normalized spacial score (nSPS) is 23.8. The van der Waals surface area contributed by atoms with Crippen LogP contribution in [0.3, 0.4) is 0 Å². The van der Waals surface area contributed by atoms with Crippen LogP contribution in [0.1, 0.15) is 63.5 Å². The lowest BCUT2D eigenvalue weighted by Gasteiger charge is -2.36. The maximum Gasteiger partial charge on any atom is 0.325 e. The second kappa shape index (κ2) is 9.06. The number of aryl methyl sites for hydroxylation is 1. The van der Waals surface area contributed by atoms with Crippen LogP contribution in [0.15, 0.2) is 18.2 Å². The molecule has 3 rings (SSSR count). The maximum absolute atomic E-state index is 12.9. The van der Waals surface area contributed by atoms with E-state index in [1.807, 2.05) is 19.9 Å². The molecular weight excluding hydrogens is 382 g/mol. The van der Waals surface area contributed by atoms with Gasteiger partial charge >= 0.3 is 6.03 Å². The quantitative estimate of drug-likeness (QED) is 0.529. The summed E-state index contributed by atoms with van der Waals surface area (Å²) in [6, 6.07) is 5.65. The molecule has 1 saturated carbocycles. The molecule has 1 heterocycles. The molecule has 7 nitrogen and oxygen atoms in total. The number of rotatable bonds is 7. The first-order valence-corrected chi connectivity index (χ1v) is 10.9. The van der Waals surface area contributed by atoms with Crippen molar-refractivity contribution >= 4 is 17.8 Å². The lowest BCUT2D eigenvalue weighted by molar-refractivity contribution is -0.137. The second-order valence-corrected chi connectivity index (χ2v) is 8.83. The second-order valence-electron chi connectivity index (χ2n) is 8.83. The molecule has 1 aromatic carbocycles. The van der Waals surface area contributed by atoms with Gasteiger partial charge < -0.3 is 15.4 Å². The first-order chi connectivity index (χ1) is 14.2. The van der Waals surface area contributed by atoms with E-state index >= 15 is 0 Å². The summed E-state index contributed by atoms with van der Waals surface area (Å²) >= 11 is 0. The summed E-state index contributed by atoms with van der Waals surface area (Å²) in [7, 11) is 0. The molecule has 0 aromatic heterocycles. The van der Waals surface area contributed by atoms with E-state index in [0.29, 0.717) is 25.5 Å². The van der Waals surface area contributed by atoms with E-state index in [1.165, 1.54) is 0 Å². The number of hydrogen-bond acceptors (Lipinski definition) is 4. The Bertz CT molecular complexity index is 823. The zero-order chi connectivity index (χ0) is 21.9. The summed E-state index contributed by atoms with van der Waals surface area (Å²) in [6.45, 7) is 8.58. The molecule has 2 N–H and O–H groups in total. The number of ether oxygens (including phenoxy) is 1. The number of urea groups is 1. The zero-order valence-electron chi connectivity index (χ0n) is 18.4. The molecule has 0 unspecified atom stereocenters. The fraction of sp³-hybridized carbons (Fsp3) is 0.609. The summed E-state index contributed by atoms with van der Waals surface area (Å²) in [4.78, 5) is 38.7. The minimum atomic E-state index is -0.836. The van der Waals surface area contributed by atoms with Crippen LogP contribution in [0.4, 0.5) is 4.79 Å². The molecule has 164 valence electrons. The highest BCUT2D eigenvalue weighted by Gasteiger charge is 2.55. The van der Waals surface area contributed by atoms with Crippen molar-refractivity contribution in [2.45, 2.75) is 64.8 Å². The Morgan fingerprint density at radius 1 is 1.33 bits per heavy atom. The molecule has 1 aliphatic heterocycles. The lowest BCUT2D eigenvalue weighted by Crippen LogP contribution is -2.54. The molecule has 2 aliphatic rings. The van der Waals surface area contributed by atoms with Gasteiger partial charge in [0.1, 0.15) is 24.4 Å². The van der Waals surface area contributed by atoms with Crippen molar-refractivity contribution < 1.29 is 19.1 Å². The highest BCUT2D eigenvalue weighted by molar-refractivity contribution is 6.09. The maximum atomic E-state index is 12.9. The zero-order valence-corrected chi connectivity index (χ0v) is 18.4. The number of benzene rings is 1. The average molecular weight is 416 g/mol. The topological polar surface area (TPSA) is 87.7 Å². The van der Waals surface area contributed by atoms with Crippen LogP contribution in [0.25, 0.3) is 0 Å². The Labute approximate surface area is 178 Å². The van der Waals surface area contributed by atoms with Crippen molar-refractivity contribution in [1.82, 2.24) is 15.5 Å². The van der Waals surface area contributed by atoms with Crippen LogP contribution in [0.5, 0.6) is 5.75 Å². The van der Waals surface area contributed by atoms with E-state index in [-0.39, 0.29) is 24.3 Å². The molecular formula is C23H33N3O4. The first kappa shape index (κ1) is 22.1. The summed E-state index contributed by atoms with van der Waals surface area (Å²) in [5, 5.41) is 5.62. The molecule has 2 atom stereocenters. The highest BCUT2D eigenvalue weighted by Crippen LogP contribution is 2.38. The van der Waals surface area contributed by atoms with Crippen LogP contribution in [-0.2, 0) is 9.59 Å². The largest absolute Gasteiger partial charge is 0.491 e. The average Bonchev–Trinajstić information content (AvgIpc) is 2.92. The number of imide groups is 1. The minimum Gasteiger partial charge on any atom is -0.491 e. The van der Waals surface area contributed by atoms with Crippen molar-refractivity contribution in [3.63, 3.8) is 0 Å². The third-order valence-corrected chi connectivity index (χ3v) is 6.28. The van der Waals surface area contributed by atoms with Crippen molar-refractivity contribution in [2.75, 3.05) is 19.7 Å². The van der Waals surface area contributed by atoms with Gasteiger partial charge in [0, 0.05) is 0 Å². The lowest BCUT2D eigenvalue weighted by atomic mass is 9.73. The molecule has 1 aromatic rings. The summed E-state index contributed by atoms with van der Waals surface area (Å²) in [6.07, 6.45) is 3.51. The van der Waals surface area contributed by atoms with Crippen LogP contribution < -0.4 is 15.4 Å².